The van der Waals surface area contributed by atoms with E-state index in [2.05, 4.69) is 10.3 Å². The molecule has 82 valence electrons. The summed E-state index contributed by atoms with van der Waals surface area (Å²) < 4.78 is 0. The van der Waals surface area contributed by atoms with Crippen LogP contribution in [0.1, 0.15) is 24.4 Å². The largest absolute Gasteiger partial charge is 0.324 e. The van der Waals surface area contributed by atoms with Crippen LogP contribution in [0.5, 0.6) is 0 Å². The van der Waals surface area contributed by atoms with Gasteiger partial charge in [-0.15, -0.1) is 0 Å². The first kappa shape index (κ1) is 10.9. The van der Waals surface area contributed by atoms with Gasteiger partial charge >= 0.3 is 0 Å². The number of aromatic nitrogens is 1. The van der Waals surface area contributed by atoms with Crippen LogP contribution in [0, 0.1) is 5.92 Å². The topological polar surface area (TPSA) is 50.9 Å². The van der Waals surface area contributed by atoms with E-state index in [1.165, 1.54) is 0 Å². The van der Waals surface area contributed by atoms with E-state index in [0.29, 0.717) is 11.1 Å². The fraction of sp³-hybridized carbons (Fsp3) is 0.545. The Kier molecular flexibility index (Phi) is 3.57. The number of nitrogens with one attached hydrogen (secondary N) is 1. The van der Waals surface area contributed by atoms with Crippen molar-refractivity contribution in [3.63, 3.8) is 0 Å². The second kappa shape index (κ2) is 4.92. The first-order valence-electron chi connectivity index (χ1n) is 5.36. The van der Waals surface area contributed by atoms with Gasteiger partial charge in [0.15, 0.2) is 0 Å². The molecule has 1 aromatic rings. The van der Waals surface area contributed by atoms with Crippen molar-refractivity contribution >= 4 is 11.6 Å². The van der Waals surface area contributed by atoms with Crippen LogP contribution in [0.4, 0.5) is 0 Å². The smallest absolute Gasteiger partial charge is 0.133 e. The van der Waals surface area contributed by atoms with Crippen molar-refractivity contribution in [3.8, 4) is 0 Å². The number of pyridine rings is 1. The summed E-state index contributed by atoms with van der Waals surface area (Å²) in [5.41, 5.74) is 7.20. The second-order valence-corrected chi connectivity index (χ2v) is 4.35. The van der Waals surface area contributed by atoms with Crippen molar-refractivity contribution in [2.24, 2.45) is 11.7 Å². The molecular formula is C11H16ClN3. The first-order chi connectivity index (χ1) is 7.29. The maximum atomic E-state index is 6.22. The molecule has 1 atom stereocenters. The summed E-state index contributed by atoms with van der Waals surface area (Å²) in [6, 6.07) is 3.89. The third-order valence-electron chi connectivity index (χ3n) is 3.04. The van der Waals surface area contributed by atoms with Crippen molar-refractivity contribution in [1.82, 2.24) is 10.3 Å². The zero-order chi connectivity index (χ0) is 10.7. The van der Waals surface area contributed by atoms with E-state index in [1.807, 2.05) is 12.1 Å². The minimum atomic E-state index is 0.0216. The zero-order valence-electron chi connectivity index (χ0n) is 8.62. The molecule has 0 aliphatic carbocycles. The SMILES string of the molecule is N[C@@H](c1cccnc1Cl)C1CCNCC1. The number of halogens is 1. The summed E-state index contributed by atoms with van der Waals surface area (Å²) in [6.07, 6.45) is 3.93. The molecule has 1 saturated heterocycles. The molecule has 0 aromatic carbocycles. The predicted molar refractivity (Wildman–Crippen MR) is 61.8 cm³/mol. The highest BCUT2D eigenvalue weighted by molar-refractivity contribution is 6.30. The Morgan fingerprint density at radius 2 is 2.20 bits per heavy atom. The highest BCUT2D eigenvalue weighted by Gasteiger charge is 2.23. The molecule has 2 rings (SSSR count). The van der Waals surface area contributed by atoms with Gasteiger partial charge < -0.3 is 11.1 Å². The molecule has 1 aliphatic rings. The van der Waals surface area contributed by atoms with E-state index in [-0.39, 0.29) is 6.04 Å². The number of hydrogen-bond donors (Lipinski definition) is 2. The Labute approximate surface area is 95.0 Å². The van der Waals surface area contributed by atoms with Crippen LogP contribution in [-0.4, -0.2) is 18.1 Å². The van der Waals surface area contributed by atoms with Crippen LogP contribution in [0.15, 0.2) is 18.3 Å². The number of nitrogens with two attached hydrogens (primary N) is 1. The molecule has 1 aliphatic heterocycles. The summed E-state index contributed by atoms with van der Waals surface area (Å²) in [7, 11) is 0. The van der Waals surface area contributed by atoms with E-state index < -0.39 is 0 Å². The molecule has 4 heteroatoms. The third kappa shape index (κ3) is 2.48. The molecule has 0 bridgehead atoms. The quantitative estimate of drug-likeness (QED) is 0.754. The number of piperidine rings is 1. The van der Waals surface area contributed by atoms with Gasteiger partial charge in [0.1, 0.15) is 5.15 Å². The van der Waals surface area contributed by atoms with Crippen molar-refractivity contribution in [2.45, 2.75) is 18.9 Å². The van der Waals surface area contributed by atoms with E-state index in [0.717, 1.165) is 31.5 Å². The van der Waals surface area contributed by atoms with E-state index in [1.54, 1.807) is 6.20 Å². The zero-order valence-corrected chi connectivity index (χ0v) is 9.37. The molecule has 0 unspecified atom stereocenters. The molecule has 15 heavy (non-hydrogen) atoms. The van der Waals surface area contributed by atoms with Crippen molar-refractivity contribution in [3.05, 3.63) is 29.0 Å². The van der Waals surface area contributed by atoms with Crippen LogP contribution in [0.3, 0.4) is 0 Å². The average molecular weight is 226 g/mol. The van der Waals surface area contributed by atoms with Crippen LogP contribution < -0.4 is 11.1 Å². The van der Waals surface area contributed by atoms with Gasteiger partial charge in [0.2, 0.25) is 0 Å². The lowest BCUT2D eigenvalue weighted by molar-refractivity contribution is 0.322. The highest BCUT2D eigenvalue weighted by Crippen LogP contribution is 2.29. The molecule has 3 nitrogen and oxygen atoms in total. The Balaban J connectivity index is 2.12. The summed E-state index contributed by atoms with van der Waals surface area (Å²) in [6.45, 7) is 2.10. The Morgan fingerprint density at radius 1 is 1.47 bits per heavy atom. The fourth-order valence-corrected chi connectivity index (χ4v) is 2.35. The maximum absolute atomic E-state index is 6.22. The number of nitrogens with zero attached hydrogens (tertiary/aromatic N) is 1. The third-order valence-corrected chi connectivity index (χ3v) is 3.35. The van der Waals surface area contributed by atoms with E-state index in [4.69, 9.17) is 17.3 Å². The van der Waals surface area contributed by atoms with E-state index in [9.17, 15) is 0 Å². The van der Waals surface area contributed by atoms with Gasteiger partial charge in [-0.1, -0.05) is 17.7 Å². The summed E-state index contributed by atoms with van der Waals surface area (Å²) in [5.74, 6) is 0.521. The van der Waals surface area contributed by atoms with Crippen molar-refractivity contribution in [1.29, 1.82) is 0 Å². The Bertz CT molecular complexity index is 323. The lowest BCUT2D eigenvalue weighted by atomic mass is 9.87. The van der Waals surface area contributed by atoms with Crippen LogP contribution in [-0.2, 0) is 0 Å². The molecule has 2 heterocycles. The molecule has 0 spiro atoms. The van der Waals surface area contributed by atoms with Gasteiger partial charge in [0.05, 0.1) is 0 Å². The molecular weight excluding hydrogens is 210 g/mol. The minimum absolute atomic E-state index is 0.0216. The molecule has 0 amide bonds. The van der Waals surface area contributed by atoms with Crippen molar-refractivity contribution < 1.29 is 0 Å². The van der Waals surface area contributed by atoms with E-state index >= 15 is 0 Å². The molecule has 3 N–H and O–H groups in total. The standard InChI is InChI=1S/C11H16ClN3/c12-11-9(2-1-5-15-11)10(13)8-3-6-14-7-4-8/h1-2,5,8,10,14H,3-4,6-7,13H2/t10-/m1/s1. The predicted octanol–water partition coefficient (Wildman–Crippen LogP) is 1.73. The van der Waals surface area contributed by atoms with Crippen LogP contribution >= 0.6 is 11.6 Å². The summed E-state index contributed by atoms with van der Waals surface area (Å²) in [5, 5.41) is 3.88. The van der Waals surface area contributed by atoms with Gasteiger partial charge in [-0.25, -0.2) is 4.98 Å². The van der Waals surface area contributed by atoms with Crippen LogP contribution in [0.2, 0.25) is 5.15 Å². The van der Waals surface area contributed by atoms with Gasteiger partial charge in [-0.05, 0) is 37.9 Å². The summed E-state index contributed by atoms with van der Waals surface area (Å²) in [4.78, 5) is 4.06. The fourth-order valence-electron chi connectivity index (χ4n) is 2.10. The Morgan fingerprint density at radius 3 is 2.87 bits per heavy atom. The molecule has 0 saturated carbocycles. The lowest BCUT2D eigenvalue weighted by Gasteiger charge is -2.28. The van der Waals surface area contributed by atoms with Gasteiger partial charge in [-0.3, -0.25) is 0 Å². The van der Waals surface area contributed by atoms with Gasteiger partial charge in [-0.2, -0.15) is 0 Å². The molecule has 0 radical (unpaired) electrons. The highest BCUT2D eigenvalue weighted by atomic mass is 35.5. The normalized spacial score (nSPS) is 20.1. The lowest BCUT2D eigenvalue weighted by Crippen LogP contribution is -2.33. The second-order valence-electron chi connectivity index (χ2n) is 4.00. The monoisotopic (exact) mass is 225 g/mol. The van der Waals surface area contributed by atoms with Crippen LogP contribution in [0.25, 0.3) is 0 Å². The average Bonchev–Trinajstić information content (AvgIpc) is 2.30. The van der Waals surface area contributed by atoms with Gasteiger partial charge in [0.25, 0.3) is 0 Å². The summed E-state index contributed by atoms with van der Waals surface area (Å²) >= 11 is 6.03. The van der Waals surface area contributed by atoms with Gasteiger partial charge in [0, 0.05) is 17.8 Å². The minimum Gasteiger partial charge on any atom is -0.324 e. The maximum Gasteiger partial charge on any atom is 0.133 e. The van der Waals surface area contributed by atoms with Crippen molar-refractivity contribution in [2.75, 3.05) is 13.1 Å². The molecule has 1 fully saturated rings. The number of rotatable bonds is 2. The Hall–Kier alpha value is -0.640. The molecule has 1 aromatic heterocycles. The first-order valence-corrected chi connectivity index (χ1v) is 5.73. The number of hydrogen-bond acceptors (Lipinski definition) is 3.